The van der Waals surface area contributed by atoms with Crippen LogP contribution < -0.4 is 0 Å². The number of rotatable bonds is 5. The van der Waals surface area contributed by atoms with Gasteiger partial charge in [0.1, 0.15) is 5.60 Å². The van der Waals surface area contributed by atoms with Crippen molar-refractivity contribution in [1.29, 1.82) is 0 Å². The van der Waals surface area contributed by atoms with Crippen LogP contribution in [-0.4, -0.2) is 40.4 Å². The van der Waals surface area contributed by atoms with Gasteiger partial charge in [-0.05, 0) is 141 Å². The summed E-state index contributed by atoms with van der Waals surface area (Å²) in [5, 5.41) is 11.1. The van der Waals surface area contributed by atoms with Crippen LogP contribution in [0.3, 0.4) is 0 Å². The third-order valence-corrected chi connectivity index (χ3v) is 9.63. The Kier molecular flexibility index (Phi) is 7.33. The number of carbonyl (C=O) groups excluding carboxylic acids is 1. The summed E-state index contributed by atoms with van der Waals surface area (Å²) >= 11 is 3.62. The molecule has 1 aliphatic heterocycles. The van der Waals surface area contributed by atoms with E-state index in [2.05, 4.69) is 70.5 Å². The van der Waals surface area contributed by atoms with E-state index >= 15 is 0 Å². The van der Waals surface area contributed by atoms with Crippen molar-refractivity contribution >= 4 is 22.0 Å². The van der Waals surface area contributed by atoms with Gasteiger partial charge < -0.3 is 14.7 Å². The second kappa shape index (κ2) is 10.6. The lowest BCUT2D eigenvalue weighted by Gasteiger charge is -2.38. The van der Waals surface area contributed by atoms with Crippen LogP contribution in [0, 0.1) is 0 Å². The zero-order valence-corrected chi connectivity index (χ0v) is 25.5. The van der Waals surface area contributed by atoms with Crippen LogP contribution in [0.5, 0.6) is 0 Å². The minimum Gasteiger partial charge on any atom is -0.444 e. The zero-order valence-electron chi connectivity index (χ0n) is 23.9. The normalized spacial score (nSPS) is 18.2. The number of hydrogen-bond acceptors (Lipinski definition) is 3. The molecule has 0 radical (unpaired) electrons. The van der Waals surface area contributed by atoms with Gasteiger partial charge >= 0.3 is 6.09 Å². The van der Waals surface area contributed by atoms with Crippen LogP contribution in [0.1, 0.15) is 87.5 Å². The van der Waals surface area contributed by atoms with E-state index in [9.17, 15) is 9.90 Å². The number of nitrogens with zero attached hydrogens (tertiary/aromatic N) is 1. The lowest BCUT2D eigenvalue weighted by molar-refractivity contribution is -0.0398. The zero-order chi connectivity index (χ0) is 28.1. The maximum absolute atomic E-state index is 12.9. The van der Waals surface area contributed by atoms with Crippen LogP contribution >= 0.6 is 15.9 Å². The van der Waals surface area contributed by atoms with Gasteiger partial charge in [-0.3, -0.25) is 0 Å². The summed E-state index contributed by atoms with van der Waals surface area (Å²) in [6.45, 7) is 7.18. The fourth-order valence-electron chi connectivity index (χ4n) is 6.87. The van der Waals surface area contributed by atoms with E-state index in [1.165, 1.54) is 44.5 Å². The fraction of sp³-hybridized carbons (Fsp3) is 0.457. The minimum absolute atomic E-state index is 0.209. The molecular weight excluding hydrogens is 562 g/mol. The van der Waals surface area contributed by atoms with Gasteiger partial charge in [-0.1, -0.05) is 52.3 Å². The standard InChI is InChI=1S/C35H40BrNO3/c1-34(2,3)40-33(38)37-19-14-24(15-20-37)32-28(13-18-35(39)16-6-17-35)29(23-9-11-26(36)12-10-23)22-30-27-8-5-4-7-25(27)21-31(30)32/h4-5,7-12,22,24,39H,6,13-21H2,1-3H3. The molecule has 0 spiro atoms. The van der Waals surface area contributed by atoms with E-state index in [0.717, 1.165) is 55.8 Å². The third-order valence-electron chi connectivity index (χ3n) is 9.10. The number of aliphatic hydroxyl groups is 1. The molecule has 1 N–H and O–H groups in total. The van der Waals surface area contributed by atoms with Crippen LogP contribution in [0.2, 0.25) is 0 Å². The molecule has 1 saturated heterocycles. The van der Waals surface area contributed by atoms with Gasteiger partial charge in [0.2, 0.25) is 0 Å². The molecule has 0 atom stereocenters. The van der Waals surface area contributed by atoms with Crippen molar-refractivity contribution < 1.29 is 14.6 Å². The average molecular weight is 603 g/mol. The Morgan fingerprint density at radius 2 is 1.73 bits per heavy atom. The molecule has 1 amide bonds. The molecule has 3 aromatic rings. The first-order valence-electron chi connectivity index (χ1n) is 14.8. The maximum Gasteiger partial charge on any atom is 0.410 e. The first-order chi connectivity index (χ1) is 19.1. The minimum atomic E-state index is -0.531. The molecule has 2 fully saturated rings. The molecular formula is C35H40BrNO3. The molecule has 6 rings (SSSR count). The van der Waals surface area contributed by atoms with E-state index < -0.39 is 11.2 Å². The smallest absolute Gasteiger partial charge is 0.410 e. The van der Waals surface area contributed by atoms with Gasteiger partial charge in [0, 0.05) is 17.6 Å². The Hall–Kier alpha value is -2.63. The number of benzene rings is 3. The maximum atomic E-state index is 12.9. The third kappa shape index (κ3) is 5.47. The summed E-state index contributed by atoms with van der Waals surface area (Å²) in [7, 11) is 0. The average Bonchev–Trinajstić information content (AvgIpc) is 3.28. The van der Waals surface area contributed by atoms with Crippen LogP contribution in [0.4, 0.5) is 4.79 Å². The molecule has 5 heteroatoms. The van der Waals surface area contributed by atoms with Gasteiger partial charge in [0.25, 0.3) is 0 Å². The number of likely N-dealkylation sites (tertiary alicyclic amines) is 1. The van der Waals surface area contributed by atoms with Gasteiger partial charge in [-0.25, -0.2) is 4.79 Å². The van der Waals surface area contributed by atoms with Crippen molar-refractivity contribution in [3.8, 4) is 22.3 Å². The molecule has 4 nitrogen and oxygen atoms in total. The largest absolute Gasteiger partial charge is 0.444 e. The number of hydrogen-bond donors (Lipinski definition) is 1. The van der Waals surface area contributed by atoms with E-state index in [1.54, 1.807) is 0 Å². The summed E-state index contributed by atoms with van der Waals surface area (Å²) in [4.78, 5) is 14.7. The highest BCUT2D eigenvalue weighted by molar-refractivity contribution is 9.10. The summed E-state index contributed by atoms with van der Waals surface area (Å²) in [6, 6.07) is 19.9. The summed E-state index contributed by atoms with van der Waals surface area (Å²) in [6.07, 6.45) is 7.17. The topological polar surface area (TPSA) is 49.8 Å². The summed E-state index contributed by atoms with van der Waals surface area (Å²) in [5.74, 6) is 0.364. The molecule has 2 aliphatic carbocycles. The first-order valence-corrected chi connectivity index (χ1v) is 15.6. The molecule has 1 heterocycles. The van der Waals surface area contributed by atoms with Crippen molar-refractivity contribution in [2.45, 2.75) is 89.3 Å². The second-order valence-electron chi connectivity index (χ2n) is 13.0. The van der Waals surface area contributed by atoms with Gasteiger partial charge in [-0.15, -0.1) is 0 Å². The lowest BCUT2D eigenvalue weighted by atomic mass is 9.73. The Bertz CT molecular complexity index is 1410. The molecule has 210 valence electrons. The molecule has 3 aliphatic rings. The van der Waals surface area contributed by atoms with Gasteiger partial charge in [-0.2, -0.15) is 0 Å². The quantitative estimate of drug-likeness (QED) is 0.249. The second-order valence-corrected chi connectivity index (χ2v) is 13.9. The molecule has 0 unspecified atom stereocenters. The first kappa shape index (κ1) is 27.5. The fourth-order valence-corrected chi connectivity index (χ4v) is 7.13. The van der Waals surface area contributed by atoms with Gasteiger partial charge in [0.15, 0.2) is 0 Å². The highest BCUT2D eigenvalue weighted by atomic mass is 79.9. The SMILES string of the molecule is CC(C)(C)OC(=O)N1CCC(c2c(CCC3(O)CCC3)c(-c3ccc(Br)cc3)cc3c2Cc2ccccc2-3)CC1. The number of halogens is 1. The van der Waals surface area contributed by atoms with E-state index in [0.29, 0.717) is 19.0 Å². The Morgan fingerprint density at radius 1 is 1.02 bits per heavy atom. The number of carbonyl (C=O) groups is 1. The number of amides is 1. The molecule has 3 aromatic carbocycles. The number of fused-ring (bicyclic) bond motifs is 3. The van der Waals surface area contributed by atoms with E-state index in [1.807, 2.05) is 25.7 Å². The van der Waals surface area contributed by atoms with Crippen LogP contribution in [-0.2, 0) is 17.6 Å². The van der Waals surface area contributed by atoms with Crippen molar-refractivity contribution in [2.75, 3.05) is 13.1 Å². The Morgan fingerprint density at radius 3 is 2.38 bits per heavy atom. The van der Waals surface area contributed by atoms with Crippen molar-refractivity contribution in [3.05, 3.63) is 81.3 Å². The summed E-state index contributed by atoms with van der Waals surface area (Å²) in [5.41, 5.74) is 9.88. The predicted molar refractivity (Wildman–Crippen MR) is 165 cm³/mol. The van der Waals surface area contributed by atoms with Crippen molar-refractivity contribution in [3.63, 3.8) is 0 Å². The molecule has 0 bridgehead atoms. The number of piperidine rings is 1. The molecule has 40 heavy (non-hydrogen) atoms. The summed E-state index contributed by atoms with van der Waals surface area (Å²) < 4.78 is 6.77. The van der Waals surface area contributed by atoms with E-state index in [4.69, 9.17) is 4.74 Å². The highest BCUT2D eigenvalue weighted by Gasteiger charge is 2.37. The predicted octanol–water partition coefficient (Wildman–Crippen LogP) is 8.65. The van der Waals surface area contributed by atoms with Crippen LogP contribution in [0.25, 0.3) is 22.3 Å². The van der Waals surface area contributed by atoms with Crippen molar-refractivity contribution in [1.82, 2.24) is 4.90 Å². The number of ether oxygens (including phenoxy) is 1. The highest BCUT2D eigenvalue weighted by Crippen LogP contribution is 2.48. The molecule has 1 saturated carbocycles. The Balaban J connectivity index is 1.43. The van der Waals surface area contributed by atoms with Gasteiger partial charge in [0.05, 0.1) is 5.60 Å². The Labute approximate surface area is 246 Å². The molecule has 0 aromatic heterocycles. The monoisotopic (exact) mass is 601 g/mol. The lowest BCUT2D eigenvalue weighted by Crippen LogP contribution is -2.41. The van der Waals surface area contributed by atoms with Crippen LogP contribution in [0.15, 0.2) is 59.1 Å². The van der Waals surface area contributed by atoms with E-state index in [-0.39, 0.29) is 6.09 Å². The van der Waals surface area contributed by atoms with Crippen molar-refractivity contribution in [2.24, 2.45) is 0 Å².